The van der Waals surface area contributed by atoms with Gasteiger partial charge in [-0.1, -0.05) is 0 Å². The fourth-order valence-electron chi connectivity index (χ4n) is 0.914. The molecular formula is C10H29N5O2. The average molecular weight is 251 g/mol. The van der Waals surface area contributed by atoms with E-state index in [-0.39, 0.29) is 13.2 Å². The fraction of sp³-hybridized carbons (Fsp3) is 1.00. The maximum atomic E-state index is 8.15. The molecule has 0 spiro atoms. The zero-order chi connectivity index (χ0) is 13.2. The van der Waals surface area contributed by atoms with Gasteiger partial charge in [0.05, 0.1) is 13.2 Å². The van der Waals surface area contributed by atoms with Crippen LogP contribution in [-0.2, 0) is 0 Å². The number of hydrogen-bond donors (Lipinski definition) is 7. The van der Waals surface area contributed by atoms with Gasteiger partial charge in [0.15, 0.2) is 0 Å². The number of nitrogens with one attached hydrogen (secondary N) is 3. The second-order valence-corrected chi connectivity index (χ2v) is 3.27. The Morgan fingerprint density at radius 1 is 0.588 bits per heavy atom. The van der Waals surface area contributed by atoms with Crippen molar-refractivity contribution in [3.05, 3.63) is 0 Å². The summed E-state index contributed by atoms with van der Waals surface area (Å²) in [7, 11) is 0. The lowest BCUT2D eigenvalue weighted by molar-refractivity contribution is 0.267. The molecule has 17 heavy (non-hydrogen) atoms. The summed E-state index contributed by atoms with van der Waals surface area (Å²) >= 11 is 0. The van der Waals surface area contributed by atoms with Crippen molar-refractivity contribution in [2.24, 2.45) is 11.5 Å². The normalized spacial score (nSPS) is 9.88. The summed E-state index contributed by atoms with van der Waals surface area (Å²) in [5.74, 6) is 0. The molecule has 0 rings (SSSR count). The van der Waals surface area contributed by atoms with Crippen LogP contribution in [0.4, 0.5) is 0 Å². The summed E-state index contributed by atoms with van der Waals surface area (Å²) < 4.78 is 0. The number of rotatable bonds is 11. The minimum Gasteiger partial charge on any atom is -0.395 e. The second-order valence-electron chi connectivity index (χ2n) is 3.27. The van der Waals surface area contributed by atoms with E-state index in [1.807, 2.05) is 0 Å². The van der Waals surface area contributed by atoms with Crippen molar-refractivity contribution in [3.63, 3.8) is 0 Å². The molecule has 0 saturated carbocycles. The van der Waals surface area contributed by atoms with E-state index >= 15 is 0 Å². The lowest BCUT2D eigenvalue weighted by atomic mass is 10.5. The Labute approximate surface area is 104 Å². The topological polar surface area (TPSA) is 129 Å². The summed E-state index contributed by atoms with van der Waals surface area (Å²) in [5, 5.41) is 25.4. The van der Waals surface area contributed by atoms with Crippen molar-refractivity contribution >= 4 is 0 Å². The molecule has 0 unspecified atom stereocenters. The molecule has 7 nitrogen and oxygen atoms in total. The molecule has 0 aliphatic carbocycles. The van der Waals surface area contributed by atoms with Gasteiger partial charge in [0.25, 0.3) is 0 Å². The minimum absolute atomic E-state index is 0.139. The standard InChI is InChI=1S/C6H18N4.C4H11NO2/c7-1-3-9-5-6-10-4-2-8;6-3-1-5-2-4-7/h9-10H,1-8H2;5-7H,1-4H2. The van der Waals surface area contributed by atoms with E-state index in [1.165, 1.54) is 0 Å². The molecule has 0 radical (unpaired) electrons. The highest BCUT2D eigenvalue weighted by Crippen LogP contribution is 1.57. The van der Waals surface area contributed by atoms with E-state index in [0.29, 0.717) is 26.2 Å². The van der Waals surface area contributed by atoms with Gasteiger partial charge in [-0.25, -0.2) is 0 Å². The van der Waals surface area contributed by atoms with Crippen LogP contribution in [-0.4, -0.2) is 75.8 Å². The lowest BCUT2D eigenvalue weighted by Crippen LogP contribution is -2.32. The zero-order valence-electron chi connectivity index (χ0n) is 10.6. The van der Waals surface area contributed by atoms with Crippen LogP contribution in [0.2, 0.25) is 0 Å². The molecule has 0 amide bonds. The van der Waals surface area contributed by atoms with Crippen LogP contribution >= 0.6 is 0 Å². The van der Waals surface area contributed by atoms with Crippen LogP contribution in [0.15, 0.2) is 0 Å². The highest BCUT2D eigenvalue weighted by molar-refractivity contribution is 4.51. The van der Waals surface area contributed by atoms with Gasteiger partial charge in [-0.2, -0.15) is 0 Å². The van der Waals surface area contributed by atoms with Crippen molar-refractivity contribution in [1.29, 1.82) is 0 Å². The first-order valence-electron chi connectivity index (χ1n) is 6.07. The molecule has 0 aromatic rings. The van der Waals surface area contributed by atoms with Crippen molar-refractivity contribution < 1.29 is 10.2 Å². The van der Waals surface area contributed by atoms with E-state index < -0.39 is 0 Å². The summed E-state index contributed by atoms with van der Waals surface area (Å²) in [6.07, 6.45) is 0. The maximum Gasteiger partial charge on any atom is 0.0555 e. The number of nitrogens with two attached hydrogens (primary N) is 2. The van der Waals surface area contributed by atoms with Crippen LogP contribution in [0.3, 0.4) is 0 Å². The Morgan fingerprint density at radius 2 is 0.941 bits per heavy atom. The van der Waals surface area contributed by atoms with Gasteiger partial charge in [0, 0.05) is 52.4 Å². The van der Waals surface area contributed by atoms with Crippen molar-refractivity contribution in [2.75, 3.05) is 65.6 Å². The van der Waals surface area contributed by atoms with Crippen LogP contribution in [0.5, 0.6) is 0 Å². The first-order chi connectivity index (χ1) is 8.33. The molecule has 7 heteroatoms. The smallest absolute Gasteiger partial charge is 0.0555 e. The van der Waals surface area contributed by atoms with Gasteiger partial charge in [-0.15, -0.1) is 0 Å². The Kier molecular flexibility index (Phi) is 23.6. The third kappa shape index (κ3) is 25.7. The second kappa shape index (κ2) is 21.1. The van der Waals surface area contributed by atoms with Gasteiger partial charge in [-0.05, 0) is 0 Å². The largest absolute Gasteiger partial charge is 0.395 e. The number of aliphatic hydroxyl groups excluding tert-OH is 2. The Morgan fingerprint density at radius 3 is 1.24 bits per heavy atom. The minimum atomic E-state index is 0.139. The van der Waals surface area contributed by atoms with Crippen LogP contribution in [0, 0.1) is 0 Å². The monoisotopic (exact) mass is 251 g/mol. The SMILES string of the molecule is NCCNCCNCCN.OCCNCCO. The third-order valence-corrected chi connectivity index (χ3v) is 1.70. The summed E-state index contributed by atoms with van der Waals surface area (Å²) in [5.41, 5.74) is 10.5. The number of hydrogen-bond acceptors (Lipinski definition) is 7. The molecule has 0 atom stereocenters. The van der Waals surface area contributed by atoms with Crippen LogP contribution in [0.25, 0.3) is 0 Å². The zero-order valence-corrected chi connectivity index (χ0v) is 10.6. The van der Waals surface area contributed by atoms with Gasteiger partial charge < -0.3 is 37.6 Å². The van der Waals surface area contributed by atoms with Crippen molar-refractivity contribution in [3.8, 4) is 0 Å². The Balaban J connectivity index is 0. The van der Waals surface area contributed by atoms with E-state index in [0.717, 1.165) is 26.2 Å². The first kappa shape index (κ1) is 19.1. The molecule has 0 aliphatic heterocycles. The molecule has 0 fully saturated rings. The summed E-state index contributed by atoms with van der Waals surface area (Å²) in [6, 6.07) is 0. The van der Waals surface area contributed by atoms with Crippen LogP contribution < -0.4 is 27.4 Å². The van der Waals surface area contributed by atoms with Crippen molar-refractivity contribution in [1.82, 2.24) is 16.0 Å². The highest BCUT2D eigenvalue weighted by Gasteiger charge is 1.83. The molecule has 106 valence electrons. The van der Waals surface area contributed by atoms with Crippen LogP contribution in [0.1, 0.15) is 0 Å². The van der Waals surface area contributed by atoms with Gasteiger partial charge in [0.1, 0.15) is 0 Å². The highest BCUT2D eigenvalue weighted by atomic mass is 16.3. The molecule has 0 saturated heterocycles. The summed E-state index contributed by atoms with van der Waals surface area (Å²) in [6.45, 7) is 6.55. The Hall–Kier alpha value is -0.280. The maximum absolute atomic E-state index is 8.15. The van der Waals surface area contributed by atoms with Gasteiger partial charge in [0.2, 0.25) is 0 Å². The molecule has 9 N–H and O–H groups in total. The van der Waals surface area contributed by atoms with Gasteiger partial charge >= 0.3 is 0 Å². The molecule has 0 aromatic heterocycles. The van der Waals surface area contributed by atoms with Gasteiger partial charge in [-0.3, -0.25) is 0 Å². The average Bonchev–Trinajstić information content (AvgIpc) is 2.35. The van der Waals surface area contributed by atoms with E-state index in [4.69, 9.17) is 21.7 Å². The Bertz CT molecular complexity index is 107. The van der Waals surface area contributed by atoms with Crippen molar-refractivity contribution in [2.45, 2.75) is 0 Å². The van der Waals surface area contributed by atoms with E-state index in [9.17, 15) is 0 Å². The molecule has 0 aromatic carbocycles. The predicted molar refractivity (Wildman–Crippen MR) is 70.9 cm³/mol. The molecule has 0 heterocycles. The summed E-state index contributed by atoms with van der Waals surface area (Å²) in [4.78, 5) is 0. The number of aliphatic hydroxyl groups is 2. The van der Waals surface area contributed by atoms with E-state index in [2.05, 4.69) is 16.0 Å². The lowest BCUT2D eigenvalue weighted by Gasteiger charge is -2.03. The van der Waals surface area contributed by atoms with E-state index in [1.54, 1.807) is 0 Å². The third-order valence-electron chi connectivity index (χ3n) is 1.70. The quantitative estimate of drug-likeness (QED) is 0.191. The molecular weight excluding hydrogens is 222 g/mol. The molecule has 0 aliphatic rings. The predicted octanol–water partition coefficient (Wildman–Crippen LogP) is -3.36. The first-order valence-corrected chi connectivity index (χ1v) is 6.07. The fourth-order valence-corrected chi connectivity index (χ4v) is 0.914. The molecule has 0 bridgehead atoms.